The maximum atomic E-state index is 13.5. The lowest BCUT2D eigenvalue weighted by Gasteiger charge is -2.17. The van der Waals surface area contributed by atoms with Gasteiger partial charge >= 0.3 is 0 Å². The first kappa shape index (κ1) is 19.0. The van der Waals surface area contributed by atoms with Crippen LogP contribution in [0.4, 0.5) is 5.82 Å². The van der Waals surface area contributed by atoms with E-state index in [4.69, 9.17) is 20.9 Å². The van der Waals surface area contributed by atoms with E-state index in [1.807, 2.05) is 17.0 Å². The lowest BCUT2D eigenvalue weighted by atomic mass is 9.86. The Morgan fingerprint density at radius 3 is 2.57 bits per heavy atom. The Hall–Kier alpha value is -2.31. The average molecular weight is 402 g/mol. The molecular formula is C21H24ClN3O3. The largest absolute Gasteiger partial charge is 0.383 e. The van der Waals surface area contributed by atoms with Gasteiger partial charge in [0.05, 0.1) is 6.61 Å². The topological polar surface area (TPSA) is 67.6 Å². The molecule has 1 aromatic carbocycles. The van der Waals surface area contributed by atoms with E-state index in [1.165, 1.54) is 0 Å². The number of methoxy groups -OCH3 is 1. The molecule has 2 aromatic rings. The highest BCUT2D eigenvalue weighted by atomic mass is 35.5. The normalized spacial score (nSPS) is 21.0. The van der Waals surface area contributed by atoms with E-state index in [0.29, 0.717) is 47.2 Å². The van der Waals surface area contributed by atoms with E-state index < -0.39 is 0 Å². The number of nitrogens with one attached hydrogen (secondary N) is 1. The Morgan fingerprint density at radius 2 is 1.93 bits per heavy atom. The van der Waals surface area contributed by atoms with E-state index in [2.05, 4.69) is 22.6 Å². The van der Waals surface area contributed by atoms with Crippen molar-refractivity contribution < 1.29 is 14.1 Å². The number of nitrogens with zero attached hydrogens (tertiary/aromatic N) is 2. The van der Waals surface area contributed by atoms with Gasteiger partial charge in [0.25, 0.3) is 5.91 Å². The summed E-state index contributed by atoms with van der Waals surface area (Å²) >= 11 is 6.01. The fraction of sp³-hybridized carbons (Fsp3) is 0.429. The van der Waals surface area contributed by atoms with E-state index >= 15 is 0 Å². The first-order valence-electron chi connectivity index (χ1n) is 9.60. The summed E-state index contributed by atoms with van der Waals surface area (Å²) in [5.74, 6) is 1.96. The smallest absolute Gasteiger partial charge is 0.261 e. The van der Waals surface area contributed by atoms with Crippen LogP contribution in [-0.2, 0) is 4.74 Å². The van der Waals surface area contributed by atoms with Gasteiger partial charge in [-0.2, -0.15) is 0 Å². The van der Waals surface area contributed by atoms with Crippen LogP contribution in [-0.4, -0.2) is 49.3 Å². The van der Waals surface area contributed by atoms with Crippen molar-refractivity contribution in [3.63, 3.8) is 0 Å². The number of anilines is 1. The van der Waals surface area contributed by atoms with Crippen molar-refractivity contribution in [1.29, 1.82) is 0 Å². The van der Waals surface area contributed by atoms with Crippen LogP contribution < -0.4 is 5.32 Å². The molecule has 2 heterocycles. The van der Waals surface area contributed by atoms with Crippen LogP contribution in [0.1, 0.15) is 23.2 Å². The molecule has 0 unspecified atom stereocenters. The summed E-state index contributed by atoms with van der Waals surface area (Å²) in [7, 11) is 1.63. The molecule has 1 amide bonds. The van der Waals surface area contributed by atoms with Crippen LogP contribution in [0, 0.1) is 11.8 Å². The standard InChI is InChI=1S/C21H24ClN3O3/c1-27-11-10-23-20-18(19(28-24-20)14-6-8-17(22)9-7-14)21(26)25-12-15-4-2-3-5-16(15)13-25/h2-3,6-9,15-16H,4-5,10-13H2,1H3,(H,23,24)/t15-,16+. The molecule has 4 rings (SSSR count). The molecule has 6 nitrogen and oxygen atoms in total. The minimum atomic E-state index is -0.0412. The van der Waals surface area contributed by atoms with Crippen LogP contribution >= 0.6 is 11.6 Å². The Morgan fingerprint density at radius 1 is 1.25 bits per heavy atom. The molecule has 28 heavy (non-hydrogen) atoms. The minimum Gasteiger partial charge on any atom is -0.383 e. The van der Waals surface area contributed by atoms with Gasteiger partial charge in [0.15, 0.2) is 11.6 Å². The number of fused-ring (bicyclic) bond motifs is 1. The van der Waals surface area contributed by atoms with Gasteiger partial charge in [0.2, 0.25) is 0 Å². The van der Waals surface area contributed by atoms with Gasteiger partial charge in [-0.25, -0.2) is 0 Å². The van der Waals surface area contributed by atoms with E-state index in [0.717, 1.165) is 31.5 Å². The fourth-order valence-corrected chi connectivity index (χ4v) is 4.14. The van der Waals surface area contributed by atoms with Crippen LogP contribution in [0.3, 0.4) is 0 Å². The number of benzene rings is 1. The van der Waals surface area contributed by atoms with Crippen LogP contribution in [0.25, 0.3) is 11.3 Å². The van der Waals surface area contributed by atoms with Gasteiger partial charge in [-0.05, 0) is 48.9 Å². The minimum absolute atomic E-state index is 0.0412. The highest BCUT2D eigenvalue weighted by Crippen LogP contribution is 2.36. The van der Waals surface area contributed by atoms with Gasteiger partial charge < -0.3 is 19.5 Å². The van der Waals surface area contributed by atoms with Gasteiger partial charge in [-0.15, -0.1) is 0 Å². The maximum Gasteiger partial charge on any atom is 0.261 e. The van der Waals surface area contributed by atoms with Crippen molar-refractivity contribution in [3.05, 3.63) is 47.0 Å². The van der Waals surface area contributed by atoms with Gasteiger partial charge in [-0.1, -0.05) is 28.9 Å². The molecular weight excluding hydrogens is 378 g/mol. The molecule has 1 N–H and O–H groups in total. The number of likely N-dealkylation sites (tertiary alicyclic amines) is 1. The van der Waals surface area contributed by atoms with Crippen LogP contribution in [0.5, 0.6) is 0 Å². The van der Waals surface area contributed by atoms with Crippen molar-refractivity contribution in [3.8, 4) is 11.3 Å². The Bertz CT molecular complexity index is 846. The maximum absolute atomic E-state index is 13.5. The summed E-state index contributed by atoms with van der Waals surface area (Å²) in [4.78, 5) is 15.4. The number of carbonyl (C=O) groups is 1. The second kappa shape index (κ2) is 8.37. The fourth-order valence-electron chi connectivity index (χ4n) is 4.02. The molecule has 1 saturated heterocycles. The third-order valence-corrected chi connectivity index (χ3v) is 5.77. The highest BCUT2D eigenvalue weighted by Gasteiger charge is 2.38. The number of hydrogen-bond donors (Lipinski definition) is 1. The average Bonchev–Trinajstić information content (AvgIpc) is 3.32. The van der Waals surface area contributed by atoms with Crippen molar-refractivity contribution in [2.75, 3.05) is 38.7 Å². The number of ether oxygens (including phenoxy) is 1. The number of aromatic nitrogens is 1. The lowest BCUT2D eigenvalue weighted by Crippen LogP contribution is -2.30. The monoisotopic (exact) mass is 401 g/mol. The number of carbonyl (C=O) groups excluding carboxylic acids is 1. The molecule has 0 spiro atoms. The molecule has 2 aliphatic rings. The third kappa shape index (κ3) is 3.80. The molecule has 1 fully saturated rings. The van der Waals surface area contributed by atoms with E-state index in [-0.39, 0.29) is 5.91 Å². The van der Waals surface area contributed by atoms with Gasteiger partial charge in [0.1, 0.15) is 5.56 Å². The zero-order valence-corrected chi connectivity index (χ0v) is 16.6. The number of rotatable bonds is 6. The molecule has 0 saturated carbocycles. The van der Waals surface area contributed by atoms with Crippen molar-refractivity contribution >= 4 is 23.3 Å². The molecule has 1 aliphatic heterocycles. The second-order valence-corrected chi connectivity index (χ2v) is 7.77. The molecule has 1 aromatic heterocycles. The number of allylic oxidation sites excluding steroid dienone is 2. The first-order chi connectivity index (χ1) is 13.7. The summed E-state index contributed by atoms with van der Waals surface area (Å²) < 4.78 is 10.7. The van der Waals surface area contributed by atoms with Crippen LogP contribution in [0.2, 0.25) is 5.02 Å². The van der Waals surface area contributed by atoms with Crippen molar-refractivity contribution in [2.45, 2.75) is 12.8 Å². The molecule has 148 valence electrons. The van der Waals surface area contributed by atoms with Gasteiger partial charge in [-0.3, -0.25) is 4.79 Å². The van der Waals surface area contributed by atoms with Crippen molar-refractivity contribution in [2.24, 2.45) is 11.8 Å². The predicted molar refractivity (Wildman–Crippen MR) is 109 cm³/mol. The Kier molecular flexibility index (Phi) is 5.69. The summed E-state index contributed by atoms with van der Waals surface area (Å²) in [6, 6.07) is 7.24. The van der Waals surface area contributed by atoms with Crippen LogP contribution in [0.15, 0.2) is 40.9 Å². The Balaban J connectivity index is 1.63. The van der Waals surface area contributed by atoms with Gasteiger partial charge in [0, 0.05) is 37.3 Å². The summed E-state index contributed by atoms with van der Waals surface area (Å²) in [5.41, 5.74) is 1.25. The molecule has 7 heteroatoms. The lowest BCUT2D eigenvalue weighted by molar-refractivity contribution is 0.0785. The highest BCUT2D eigenvalue weighted by molar-refractivity contribution is 6.30. The zero-order chi connectivity index (χ0) is 19.5. The predicted octanol–water partition coefficient (Wildman–Crippen LogP) is 4.09. The molecule has 1 aliphatic carbocycles. The summed E-state index contributed by atoms with van der Waals surface area (Å²) in [6.07, 6.45) is 6.54. The second-order valence-electron chi connectivity index (χ2n) is 7.33. The van der Waals surface area contributed by atoms with Crippen molar-refractivity contribution in [1.82, 2.24) is 10.1 Å². The zero-order valence-electron chi connectivity index (χ0n) is 15.9. The SMILES string of the molecule is COCCNc1noc(-c2ccc(Cl)cc2)c1C(=O)N1C[C@H]2CC=CC[C@H]2C1. The number of hydrogen-bond acceptors (Lipinski definition) is 5. The number of amides is 1. The number of halogens is 1. The molecule has 0 bridgehead atoms. The molecule has 2 atom stereocenters. The summed E-state index contributed by atoms with van der Waals surface area (Å²) in [5, 5.41) is 7.93. The summed E-state index contributed by atoms with van der Waals surface area (Å²) in [6.45, 7) is 2.60. The quantitative estimate of drug-likeness (QED) is 0.583. The third-order valence-electron chi connectivity index (χ3n) is 5.52. The first-order valence-corrected chi connectivity index (χ1v) is 9.98. The van der Waals surface area contributed by atoms with E-state index in [9.17, 15) is 4.79 Å². The van der Waals surface area contributed by atoms with E-state index in [1.54, 1.807) is 19.2 Å². The Labute approximate surface area is 169 Å². The molecule has 0 radical (unpaired) electrons.